The summed E-state index contributed by atoms with van der Waals surface area (Å²) in [7, 11) is 5.16. The van der Waals surface area contributed by atoms with Gasteiger partial charge >= 0.3 is 11.9 Å². The molecule has 14 aromatic carbocycles. The first-order valence-corrected chi connectivity index (χ1v) is 54.4. The van der Waals surface area contributed by atoms with Gasteiger partial charge < -0.3 is 23.7 Å². The van der Waals surface area contributed by atoms with Gasteiger partial charge in [0.2, 0.25) is 0 Å². The Morgan fingerprint density at radius 3 is 1.07 bits per heavy atom. The number of hydrogen-bond acceptors (Lipinski definition) is 7. The number of ether oxygens (including phenoxy) is 5. The quantitative estimate of drug-likeness (QED) is 0.0943. The lowest BCUT2D eigenvalue weighted by molar-refractivity contribution is -0.132. The van der Waals surface area contributed by atoms with E-state index in [0.717, 1.165) is 81.4 Å². The Bertz CT molecular complexity index is 6460. The van der Waals surface area contributed by atoms with Crippen molar-refractivity contribution in [2.45, 2.75) is 314 Å². The van der Waals surface area contributed by atoms with E-state index in [1.807, 2.05) is 54.6 Å². The fourth-order valence-corrected chi connectivity index (χ4v) is 22.8. The fraction of sp³-hybridized carbons (Fsp3) is 0.412. The summed E-state index contributed by atoms with van der Waals surface area (Å²) < 4.78 is 26.1. The zero-order valence-corrected chi connectivity index (χ0v) is 93.0. The predicted octanol–water partition coefficient (Wildman–Crippen LogP) is 38.1. The molecule has 0 bridgehead atoms. The van der Waals surface area contributed by atoms with E-state index < -0.39 is 0 Å². The highest BCUT2D eigenvalue weighted by Crippen LogP contribution is 2.53. The van der Waals surface area contributed by atoms with E-state index in [9.17, 15) is 9.59 Å². The second-order valence-electron chi connectivity index (χ2n) is 43.2. The first-order chi connectivity index (χ1) is 68.9. The summed E-state index contributed by atoms with van der Waals surface area (Å²) in [5, 5.41) is 8.73. The number of benzene rings is 14. The van der Waals surface area contributed by atoms with Gasteiger partial charge in [-0.25, -0.2) is 0 Å². The smallest absolute Gasteiger partial charge is 0.308 e. The van der Waals surface area contributed by atoms with Crippen molar-refractivity contribution in [1.82, 2.24) is 0 Å². The van der Waals surface area contributed by atoms with Gasteiger partial charge in [0, 0.05) is 29.6 Å². The number of fused-ring (bicyclic) bond motifs is 5. The molecule has 760 valence electrons. The lowest BCUT2D eigenvalue weighted by atomic mass is 9.91. The van der Waals surface area contributed by atoms with Gasteiger partial charge in [-0.3, -0.25) is 9.59 Å². The Balaban J connectivity index is 0.000000142. The van der Waals surface area contributed by atoms with Crippen molar-refractivity contribution >= 4 is 55.9 Å². The number of hydrogen-bond donors (Lipinski definition) is 0. The Hall–Kier alpha value is -11.5. The number of halogens is 1. The van der Waals surface area contributed by atoms with Crippen LogP contribution in [0.4, 0.5) is 0 Å². The molecule has 0 amide bonds. The molecule has 0 aromatic heterocycles. The number of rotatable bonds is 11. The highest BCUT2D eigenvalue weighted by Gasteiger charge is 2.35. The zero-order chi connectivity index (χ0) is 104. The largest absolute Gasteiger partial charge is 0.497 e. The molecular weight excluding hydrogens is 1780 g/mol. The summed E-state index contributed by atoms with van der Waals surface area (Å²) in [5.41, 5.74) is 29.5. The highest BCUT2D eigenvalue weighted by molar-refractivity contribution is 6.30. The maximum absolute atomic E-state index is 11.1. The van der Waals surface area contributed by atoms with Gasteiger partial charge in [-0.2, -0.15) is 0 Å². The van der Waals surface area contributed by atoms with Crippen LogP contribution in [0.3, 0.4) is 0 Å². The number of carbonyl (C=O) groups excluding carboxylic acids is 2. The molecule has 19 unspecified atom stereocenters. The van der Waals surface area contributed by atoms with E-state index in [4.69, 9.17) is 35.3 Å². The van der Waals surface area contributed by atoms with Crippen molar-refractivity contribution in [2.75, 3.05) is 21.3 Å². The molecular formula is C136H167ClO7. The minimum absolute atomic E-state index is 0.256. The number of aryl methyl sites for hydroxylation is 1. The van der Waals surface area contributed by atoms with E-state index in [0.29, 0.717) is 82.5 Å². The van der Waals surface area contributed by atoms with E-state index in [1.165, 1.54) is 157 Å². The lowest BCUT2D eigenvalue weighted by Crippen LogP contribution is -2.02. The molecule has 0 saturated heterocycles. The molecule has 8 aliphatic carbocycles. The molecule has 22 rings (SSSR count). The molecule has 14 aromatic rings. The molecule has 8 aliphatic rings. The van der Waals surface area contributed by atoms with Crippen molar-refractivity contribution in [3.63, 3.8) is 0 Å². The zero-order valence-electron chi connectivity index (χ0n) is 92.3. The van der Waals surface area contributed by atoms with E-state index in [-0.39, 0.29) is 11.9 Å². The Kier molecular flexibility index (Phi) is 39.8. The molecule has 7 nitrogen and oxygen atoms in total. The average molecular weight is 1950 g/mol. The normalized spacial score (nSPS) is 22.5. The summed E-state index contributed by atoms with van der Waals surface area (Å²) in [6.07, 6.45) is 8.48. The monoisotopic (exact) mass is 1950 g/mol. The van der Waals surface area contributed by atoms with Gasteiger partial charge in [0.25, 0.3) is 0 Å². The third kappa shape index (κ3) is 26.5. The lowest BCUT2D eigenvalue weighted by Gasteiger charge is -2.13. The minimum atomic E-state index is -0.269. The molecule has 0 saturated carbocycles. The Labute approximate surface area is 871 Å². The molecule has 144 heavy (non-hydrogen) atoms. The second kappa shape index (κ2) is 51.5. The van der Waals surface area contributed by atoms with Crippen LogP contribution in [-0.2, 0) is 35.3 Å². The van der Waals surface area contributed by atoms with Crippen molar-refractivity contribution < 1.29 is 33.3 Å². The van der Waals surface area contributed by atoms with E-state index in [2.05, 4.69) is 391 Å². The third-order valence-corrected chi connectivity index (χ3v) is 34.5. The molecule has 0 aliphatic heterocycles. The SMILES string of the molecule is CC(=O)Oc1ccc2c(c1)C(C)C(C)C2.CC(=O)Oc1ccc2c3c(cccc13)C(C)C2C.CC1Cc2ccccc2C1C.CC1c2cccc3cccc(c23)C1C.CC1c2ccccc2C(C)C1C.CCC(C)c1ccc(Cl)cc1.CCC(C)c1ccc(OC)cc1.CCC(C)c1ccccc1.COc1ccc2c(c1)CC(C)C2C.COc1ccc2c3c(cccc13)C(C)C2C.Cc1ccc2c(c1)CC(C)C2C. The predicted molar refractivity (Wildman–Crippen MR) is 613 cm³/mol. The molecule has 19 atom stereocenters. The number of esters is 2. The van der Waals surface area contributed by atoms with E-state index >= 15 is 0 Å². The van der Waals surface area contributed by atoms with Crippen LogP contribution in [0.5, 0.6) is 28.7 Å². The van der Waals surface area contributed by atoms with Crippen molar-refractivity contribution in [3.05, 3.63) is 395 Å². The van der Waals surface area contributed by atoms with Crippen LogP contribution >= 0.6 is 11.6 Å². The van der Waals surface area contributed by atoms with E-state index in [1.54, 1.807) is 54.7 Å². The molecule has 0 heterocycles. The van der Waals surface area contributed by atoms with Crippen molar-refractivity contribution in [2.24, 2.45) is 29.6 Å². The number of carbonyl (C=O) groups is 2. The fourth-order valence-electron chi connectivity index (χ4n) is 22.7. The maximum atomic E-state index is 11.1. The van der Waals surface area contributed by atoms with Crippen LogP contribution in [0.2, 0.25) is 5.02 Å². The first kappa shape index (κ1) is 111. The molecule has 0 fully saturated rings. The standard InChI is InChI=1S/C16H16O2.C15H16O.C14H14.C13H16O2.C12H16O.2C12H16.C11H16O.C11H14.C10H13Cl.C10H14/c1-9-10(2)13-7-8-15(18-11(3)17)14-6-4-5-12(9)16(13)14;1-9-10(2)12-7-8-14(16-3)13-6-4-5-11(9)15(12)13;1-9-10(2)13-8-4-6-11-5-3-7-12(9)14(11)13;1-8-6-11-4-5-12(15-10(3)14)7-13(11)9(8)2;1-8-6-10-7-11(13-3)4-5-12(10)9(8)2;1-8-4-5-12-10(3)9(2)7-11(12)6-8;1-8-9(2)11-6-4-5-7-12(11)10(8)3;1-4-9(2)10-5-7-11(12-3)8-6-10;1-8-7-10-5-3-4-6-11(10)9(8)2;1-3-8(2)9-4-6-10(11)7-5-9;1-3-9(2)10-7-5-4-6-8-10/h4-10H,1-3H3;4-10H,1-3H3;3-10H,1-2H3;4-5,7-9H,6H2,1-3H3;4-5,7-9H,6H2,1-3H3;4-6,9-10H,7H2,1-3H3;4-10H,1-3H3;5-9H,4H2,1-3H3;3-6,8-9H,7H2,1-2H3;4-8H,3H2,1-2H3;4-9H,3H2,1-2H3. The molecule has 0 N–H and O–H groups in total. The summed E-state index contributed by atoms with van der Waals surface area (Å²) in [4.78, 5) is 22.0. The van der Waals surface area contributed by atoms with Gasteiger partial charge in [-0.05, 0) is 358 Å². The van der Waals surface area contributed by atoms with Crippen LogP contribution < -0.4 is 23.7 Å². The van der Waals surface area contributed by atoms with Gasteiger partial charge in [-0.15, -0.1) is 0 Å². The van der Waals surface area contributed by atoms with Gasteiger partial charge in [0.05, 0.1) is 21.3 Å². The summed E-state index contributed by atoms with van der Waals surface area (Å²) >= 11 is 5.76. The van der Waals surface area contributed by atoms with Crippen molar-refractivity contribution in [3.8, 4) is 28.7 Å². The molecule has 8 heteroatoms. The Morgan fingerprint density at radius 1 is 0.285 bits per heavy atom. The summed E-state index contributed by atoms with van der Waals surface area (Å²) in [6, 6.07) is 98.4. The third-order valence-electron chi connectivity index (χ3n) is 34.3. The van der Waals surface area contributed by atoms with Gasteiger partial charge in [0.15, 0.2) is 0 Å². The highest BCUT2D eigenvalue weighted by atomic mass is 35.5. The van der Waals surface area contributed by atoms with Crippen LogP contribution in [0, 0.1) is 36.5 Å². The second-order valence-corrected chi connectivity index (χ2v) is 43.6. The van der Waals surface area contributed by atoms with Crippen LogP contribution in [0.25, 0.3) is 32.3 Å². The van der Waals surface area contributed by atoms with Crippen LogP contribution in [0.1, 0.15) is 392 Å². The van der Waals surface area contributed by atoms with Crippen molar-refractivity contribution in [1.29, 1.82) is 0 Å². The van der Waals surface area contributed by atoms with Crippen LogP contribution in [-0.4, -0.2) is 33.3 Å². The van der Waals surface area contributed by atoms with Gasteiger partial charge in [-0.1, -0.05) is 395 Å². The summed E-state index contributed by atoms with van der Waals surface area (Å²) in [5.74, 6) is 17.6. The first-order valence-electron chi connectivity index (χ1n) is 54.0. The van der Waals surface area contributed by atoms with Gasteiger partial charge in [0.1, 0.15) is 28.7 Å². The average Bonchev–Trinajstić information content (AvgIpc) is 1.58. The molecule has 0 spiro atoms. The maximum Gasteiger partial charge on any atom is 0.308 e. The Morgan fingerprint density at radius 2 is 0.625 bits per heavy atom. The molecule has 0 radical (unpaired) electrons. The topological polar surface area (TPSA) is 80.3 Å². The number of methoxy groups -OCH3 is 3. The van der Waals surface area contributed by atoms with Crippen LogP contribution in [0.15, 0.2) is 279 Å². The minimum Gasteiger partial charge on any atom is -0.497 e. The summed E-state index contributed by atoms with van der Waals surface area (Å²) in [6.45, 7) is 57.7.